The highest BCUT2D eigenvalue weighted by Gasteiger charge is 2.18. The molecule has 0 spiro atoms. The fourth-order valence-electron chi connectivity index (χ4n) is 3.72. The number of furan rings is 1. The number of halogens is 2. The summed E-state index contributed by atoms with van der Waals surface area (Å²) in [5.41, 5.74) is 1.08. The molecule has 0 aliphatic heterocycles. The van der Waals surface area contributed by atoms with Gasteiger partial charge in [0.1, 0.15) is 5.58 Å². The monoisotopic (exact) mass is 565 g/mol. The SMILES string of the molecule is COc1cc(Br)cc(C=Nn2c(-c3cc4cc(Cl)ccc4o3)nc3ccccc3c2=O)c1OC(C)=O. The van der Waals surface area contributed by atoms with Crippen LogP contribution in [0.5, 0.6) is 11.5 Å². The third-order valence-corrected chi connectivity index (χ3v) is 5.97. The second-order valence-electron chi connectivity index (χ2n) is 7.73. The van der Waals surface area contributed by atoms with Gasteiger partial charge in [-0.15, -0.1) is 0 Å². The first-order chi connectivity index (χ1) is 17.3. The van der Waals surface area contributed by atoms with Crippen molar-refractivity contribution < 1.29 is 18.7 Å². The molecule has 0 saturated heterocycles. The van der Waals surface area contributed by atoms with Crippen molar-refractivity contribution in [2.24, 2.45) is 5.10 Å². The summed E-state index contributed by atoms with van der Waals surface area (Å²) in [6, 6.07) is 17.3. The highest BCUT2D eigenvalue weighted by molar-refractivity contribution is 9.10. The van der Waals surface area contributed by atoms with Gasteiger partial charge in [0.15, 0.2) is 17.3 Å². The maximum atomic E-state index is 13.5. The Balaban J connectivity index is 1.73. The minimum atomic E-state index is -0.531. The molecule has 0 aliphatic carbocycles. The summed E-state index contributed by atoms with van der Waals surface area (Å²) in [5, 5.41) is 6.12. The maximum Gasteiger partial charge on any atom is 0.308 e. The number of hydrogen-bond acceptors (Lipinski definition) is 7. The summed E-state index contributed by atoms with van der Waals surface area (Å²) >= 11 is 9.54. The third-order valence-electron chi connectivity index (χ3n) is 5.28. The van der Waals surface area contributed by atoms with Crippen LogP contribution in [0.15, 0.2) is 79.4 Å². The van der Waals surface area contributed by atoms with E-state index in [1.54, 1.807) is 60.7 Å². The van der Waals surface area contributed by atoms with Crippen molar-refractivity contribution in [3.63, 3.8) is 0 Å². The number of nitrogens with zero attached hydrogens (tertiary/aromatic N) is 3. The molecule has 8 nitrogen and oxygen atoms in total. The van der Waals surface area contributed by atoms with Gasteiger partial charge in [-0.05, 0) is 48.5 Å². The van der Waals surface area contributed by atoms with Gasteiger partial charge >= 0.3 is 5.97 Å². The molecule has 36 heavy (non-hydrogen) atoms. The van der Waals surface area contributed by atoms with Gasteiger partial charge in [-0.2, -0.15) is 9.78 Å². The average molecular weight is 567 g/mol. The molecular weight excluding hydrogens is 550 g/mol. The Morgan fingerprint density at radius 3 is 2.75 bits per heavy atom. The Morgan fingerprint density at radius 2 is 1.97 bits per heavy atom. The summed E-state index contributed by atoms with van der Waals surface area (Å²) in [6.45, 7) is 1.28. The van der Waals surface area contributed by atoms with E-state index in [1.807, 2.05) is 0 Å². The molecule has 5 aromatic rings. The Kier molecular flexibility index (Phi) is 6.34. The lowest BCUT2D eigenvalue weighted by Crippen LogP contribution is -2.20. The number of methoxy groups -OCH3 is 1. The summed E-state index contributed by atoms with van der Waals surface area (Å²) in [7, 11) is 1.46. The van der Waals surface area contributed by atoms with Crippen molar-refractivity contribution in [2.45, 2.75) is 6.92 Å². The van der Waals surface area contributed by atoms with E-state index in [0.29, 0.717) is 43.1 Å². The van der Waals surface area contributed by atoms with Crippen LogP contribution in [0.2, 0.25) is 5.02 Å². The number of fused-ring (bicyclic) bond motifs is 2. The molecule has 0 N–H and O–H groups in total. The predicted molar refractivity (Wildman–Crippen MR) is 141 cm³/mol. The molecule has 180 valence electrons. The fraction of sp³-hybridized carbons (Fsp3) is 0.0769. The highest BCUT2D eigenvalue weighted by atomic mass is 79.9. The van der Waals surface area contributed by atoms with Gasteiger partial charge in [-0.25, -0.2) is 4.98 Å². The topological polar surface area (TPSA) is 95.9 Å². The predicted octanol–water partition coefficient (Wildman–Crippen LogP) is 6.04. The quantitative estimate of drug-likeness (QED) is 0.146. The Labute approximate surface area is 217 Å². The lowest BCUT2D eigenvalue weighted by molar-refractivity contribution is -0.132. The highest BCUT2D eigenvalue weighted by Crippen LogP contribution is 2.34. The van der Waals surface area contributed by atoms with E-state index in [0.717, 1.165) is 10.1 Å². The van der Waals surface area contributed by atoms with E-state index in [2.05, 4.69) is 26.0 Å². The first-order valence-corrected chi connectivity index (χ1v) is 11.8. The molecule has 0 bridgehead atoms. The zero-order valence-corrected chi connectivity index (χ0v) is 21.3. The summed E-state index contributed by atoms with van der Waals surface area (Å²) in [4.78, 5) is 29.9. The minimum Gasteiger partial charge on any atom is -0.493 e. The molecule has 0 unspecified atom stereocenters. The number of hydrogen-bond donors (Lipinski definition) is 0. The summed E-state index contributed by atoms with van der Waals surface area (Å²) in [6.07, 6.45) is 1.40. The second kappa shape index (κ2) is 9.60. The van der Waals surface area contributed by atoms with Crippen LogP contribution in [0.4, 0.5) is 0 Å². The van der Waals surface area contributed by atoms with Crippen LogP contribution in [0.25, 0.3) is 33.5 Å². The van der Waals surface area contributed by atoms with Gasteiger partial charge in [0.25, 0.3) is 5.56 Å². The van der Waals surface area contributed by atoms with E-state index in [-0.39, 0.29) is 11.6 Å². The molecule has 2 aromatic heterocycles. The van der Waals surface area contributed by atoms with Crippen molar-refractivity contribution in [2.75, 3.05) is 7.11 Å². The third kappa shape index (κ3) is 4.50. The molecule has 0 saturated carbocycles. The van der Waals surface area contributed by atoms with Crippen molar-refractivity contribution >= 4 is 61.6 Å². The van der Waals surface area contributed by atoms with Crippen LogP contribution in [-0.2, 0) is 4.79 Å². The second-order valence-corrected chi connectivity index (χ2v) is 9.08. The Hall–Kier alpha value is -3.95. The average Bonchev–Trinajstić information content (AvgIpc) is 3.27. The van der Waals surface area contributed by atoms with Crippen molar-refractivity contribution in [3.8, 4) is 23.1 Å². The van der Waals surface area contributed by atoms with Gasteiger partial charge in [-0.3, -0.25) is 9.59 Å². The van der Waals surface area contributed by atoms with Gasteiger partial charge in [0, 0.05) is 27.4 Å². The zero-order chi connectivity index (χ0) is 25.4. The first kappa shape index (κ1) is 23.8. The van der Waals surface area contributed by atoms with Crippen LogP contribution in [-0.4, -0.2) is 29.0 Å². The summed E-state index contributed by atoms with van der Waals surface area (Å²) < 4.78 is 18.5. The molecule has 0 atom stereocenters. The lowest BCUT2D eigenvalue weighted by atomic mass is 10.2. The van der Waals surface area contributed by atoms with Crippen molar-refractivity contribution in [3.05, 3.63) is 86.1 Å². The number of ether oxygens (including phenoxy) is 2. The lowest BCUT2D eigenvalue weighted by Gasteiger charge is -2.12. The number of benzene rings is 3. The van der Waals surface area contributed by atoms with Gasteiger partial charge in [0.2, 0.25) is 5.82 Å². The molecule has 5 rings (SSSR count). The maximum absolute atomic E-state index is 13.5. The van der Waals surface area contributed by atoms with E-state index >= 15 is 0 Å². The largest absolute Gasteiger partial charge is 0.493 e. The first-order valence-electron chi connectivity index (χ1n) is 10.7. The molecule has 0 aliphatic rings. The van der Waals surface area contributed by atoms with Gasteiger partial charge in [0.05, 0.1) is 24.2 Å². The van der Waals surface area contributed by atoms with Crippen LogP contribution >= 0.6 is 27.5 Å². The van der Waals surface area contributed by atoms with E-state index < -0.39 is 11.5 Å². The fourth-order valence-corrected chi connectivity index (χ4v) is 4.36. The number of rotatable bonds is 5. The molecule has 0 amide bonds. The van der Waals surface area contributed by atoms with Crippen LogP contribution in [0.1, 0.15) is 12.5 Å². The standard InChI is InChI=1S/C26H17BrClN3O5/c1-14(32)35-24-16(9-17(27)12-22(24)34-2)13-29-31-25(30-20-6-4-3-5-19(20)26(31)33)23-11-15-10-18(28)7-8-21(15)36-23/h3-13H,1-2H3. The number of carbonyl (C=O) groups is 1. The molecular formula is C26H17BrClN3O5. The van der Waals surface area contributed by atoms with E-state index in [1.165, 1.54) is 20.2 Å². The van der Waals surface area contributed by atoms with E-state index in [4.69, 9.17) is 25.5 Å². The number of carbonyl (C=O) groups excluding carboxylic acids is 1. The normalized spacial score (nSPS) is 11.4. The number of aromatic nitrogens is 2. The summed E-state index contributed by atoms with van der Waals surface area (Å²) in [5.74, 6) is 0.479. The van der Waals surface area contributed by atoms with Gasteiger partial charge in [-0.1, -0.05) is 39.7 Å². The minimum absolute atomic E-state index is 0.165. The number of esters is 1. The molecule has 0 radical (unpaired) electrons. The molecule has 3 aromatic carbocycles. The van der Waals surface area contributed by atoms with Crippen molar-refractivity contribution in [1.82, 2.24) is 9.66 Å². The molecule has 10 heteroatoms. The smallest absolute Gasteiger partial charge is 0.308 e. The Morgan fingerprint density at radius 1 is 1.17 bits per heavy atom. The Bertz CT molecular complexity index is 1740. The van der Waals surface area contributed by atoms with Gasteiger partial charge < -0.3 is 13.9 Å². The van der Waals surface area contributed by atoms with Crippen LogP contribution in [0.3, 0.4) is 0 Å². The number of para-hydroxylation sites is 1. The van der Waals surface area contributed by atoms with Crippen molar-refractivity contribution in [1.29, 1.82) is 0 Å². The van der Waals surface area contributed by atoms with Crippen LogP contribution < -0.4 is 15.0 Å². The zero-order valence-electron chi connectivity index (χ0n) is 19.0. The van der Waals surface area contributed by atoms with Crippen LogP contribution in [0, 0.1) is 0 Å². The molecule has 2 heterocycles. The molecule has 0 fully saturated rings. The van der Waals surface area contributed by atoms with E-state index in [9.17, 15) is 9.59 Å².